The van der Waals surface area contributed by atoms with Gasteiger partial charge in [-0.2, -0.15) is 0 Å². The number of hydrogen-bond acceptors (Lipinski definition) is 3. The van der Waals surface area contributed by atoms with Crippen LogP contribution in [0.15, 0.2) is 0 Å². The fourth-order valence-electron chi connectivity index (χ4n) is 1.64. The molecule has 0 saturated heterocycles. The van der Waals surface area contributed by atoms with Crippen LogP contribution in [0.4, 0.5) is 0 Å². The smallest absolute Gasteiger partial charge is 0.150 e. The molecule has 0 amide bonds. The van der Waals surface area contributed by atoms with Crippen LogP contribution >= 0.6 is 0 Å². The Morgan fingerprint density at radius 3 is 1.88 bits per heavy atom. The van der Waals surface area contributed by atoms with Gasteiger partial charge in [-0.3, -0.25) is 9.59 Å². The highest BCUT2D eigenvalue weighted by atomic mass is 16.1. The van der Waals surface area contributed by atoms with Crippen molar-refractivity contribution in [3.05, 3.63) is 0 Å². The zero-order valence-electron chi connectivity index (χ0n) is 11.3. The molecule has 0 bridgehead atoms. The molecule has 0 heterocycles. The lowest BCUT2D eigenvalue weighted by molar-refractivity contribution is -0.133. The molecule has 0 spiro atoms. The highest BCUT2D eigenvalue weighted by Crippen LogP contribution is 2.22. The molecule has 0 aliphatic rings. The van der Waals surface area contributed by atoms with E-state index in [1.807, 2.05) is 34.6 Å². The Balaban J connectivity index is 4.42. The lowest BCUT2D eigenvalue weighted by atomic mass is 9.81. The second-order valence-corrected chi connectivity index (χ2v) is 5.96. The Hall–Kier alpha value is -0.700. The van der Waals surface area contributed by atoms with Gasteiger partial charge in [0.25, 0.3) is 0 Å². The van der Waals surface area contributed by atoms with Crippen molar-refractivity contribution in [2.24, 2.45) is 23.0 Å². The number of hydrogen-bond donors (Lipinski definition) is 1. The maximum Gasteiger partial charge on any atom is 0.150 e. The van der Waals surface area contributed by atoms with Crippen molar-refractivity contribution in [1.29, 1.82) is 0 Å². The predicted molar refractivity (Wildman–Crippen MR) is 66.1 cm³/mol. The molecule has 3 nitrogen and oxygen atoms in total. The fourth-order valence-corrected chi connectivity index (χ4v) is 1.64. The summed E-state index contributed by atoms with van der Waals surface area (Å²) < 4.78 is 0. The summed E-state index contributed by atoms with van der Waals surface area (Å²) in [7, 11) is 0. The highest BCUT2D eigenvalue weighted by molar-refractivity contribution is 5.92. The first kappa shape index (κ1) is 15.3. The van der Waals surface area contributed by atoms with Crippen LogP contribution in [-0.2, 0) is 9.59 Å². The van der Waals surface area contributed by atoms with Gasteiger partial charge in [0.2, 0.25) is 0 Å². The first-order valence-corrected chi connectivity index (χ1v) is 5.90. The van der Waals surface area contributed by atoms with Gasteiger partial charge < -0.3 is 5.73 Å². The van der Waals surface area contributed by atoms with Gasteiger partial charge in [0.15, 0.2) is 0 Å². The minimum absolute atomic E-state index is 0.0138. The summed E-state index contributed by atoms with van der Waals surface area (Å²) in [5, 5.41) is 0. The summed E-state index contributed by atoms with van der Waals surface area (Å²) >= 11 is 0. The quantitative estimate of drug-likeness (QED) is 0.783. The first-order valence-electron chi connectivity index (χ1n) is 5.90. The van der Waals surface area contributed by atoms with E-state index in [1.165, 1.54) is 0 Å². The van der Waals surface area contributed by atoms with E-state index in [-0.39, 0.29) is 35.2 Å². The molecule has 0 rings (SSSR count). The molecule has 94 valence electrons. The van der Waals surface area contributed by atoms with Crippen LogP contribution in [0.25, 0.3) is 0 Å². The van der Waals surface area contributed by atoms with E-state index in [4.69, 9.17) is 5.73 Å². The normalized spacial score (nSPS) is 16.0. The molecule has 0 saturated carbocycles. The van der Waals surface area contributed by atoms with Crippen LogP contribution in [0, 0.1) is 17.3 Å². The molecule has 0 unspecified atom stereocenters. The zero-order chi connectivity index (χ0) is 13.1. The molecule has 0 radical (unpaired) electrons. The second kappa shape index (κ2) is 5.58. The zero-order valence-corrected chi connectivity index (χ0v) is 11.3. The van der Waals surface area contributed by atoms with Crippen LogP contribution in [0.2, 0.25) is 0 Å². The van der Waals surface area contributed by atoms with Crippen molar-refractivity contribution < 1.29 is 9.59 Å². The highest BCUT2D eigenvalue weighted by Gasteiger charge is 2.29. The number of carbonyl (C=O) groups excluding carboxylic acids is 2. The predicted octanol–water partition coefficient (Wildman–Crippen LogP) is 2.18. The summed E-state index contributed by atoms with van der Waals surface area (Å²) in [6.45, 7) is 11.3. The molecule has 0 aliphatic heterocycles. The van der Waals surface area contributed by atoms with Gasteiger partial charge >= 0.3 is 0 Å². The van der Waals surface area contributed by atoms with Crippen molar-refractivity contribution in [3.8, 4) is 0 Å². The number of ketones is 2. The third-order valence-corrected chi connectivity index (χ3v) is 2.78. The average molecular weight is 227 g/mol. The summed E-state index contributed by atoms with van der Waals surface area (Å²) in [5.74, 6) is -0.00125. The molecule has 0 fully saturated rings. The molecular weight excluding hydrogens is 202 g/mol. The molecule has 2 N–H and O–H groups in total. The molecule has 16 heavy (non-hydrogen) atoms. The van der Waals surface area contributed by atoms with Crippen LogP contribution in [0.5, 0.6) is 0 Å². The van der Waals surface area contributed by atoms with Gasteiger partial charge in [-0.05, 0) is 5.92 Å². The van der Waals surface area contributed by atoms with Crippen molar-refractivity contribution in [2.45, 2.75) is 54.0 Å². The van der Waals surface area contributed by atoms with Gasteiger partial charge in [0, 0.05) is 17.8 Å². The fraction of sp³-hybridized carbons (Fsp3) is 0.846. The topological polar surface area (TPSA) is 60.2 Å². The Kier molecular flexibility index (Phi) is 5.33. The Morgan fingerprint density at radius 2 is 1.56 bits per heavy atom. The van der Waals surface area contributed by atoms with E-state index >= 15 is 0 Å². The van der Waals surface area contributed by atoms with Crippen LogP contribution in [-0.4, -0.2) is 17.6 Å². The number of Topliss-reactive ketones (excluding diaryl/α,β-unsaturated/α-hetero) is 2. The molecular formula is C13H25NO2. The Labute approximate surface area is 98.8 Å². The monoisotopic (exact) mass is 227 g/mol. The third kappa shape index (κ3) is 4.44. The lowest BCUT2D eigenvalue weighted by Gasteiger charge is -2.23. The van der Waals surface area contributed by atoms with E-state index < -0.39 is 6.04 Å². The minimum Gasteiger partial charge on any atom is -0.321 e. The van der Waals surface area contributed by atoms with Crippen LogP contribution < -0.4 is 5.73 Å². The summed E-state index contributed by atoms with van der Waals surface area (Å²) in [5.41, 5.74) is 5.37. The van der Waals surface area contributed by atoms with Crippen molar-refractivity contribution in [3.63, 3.8) is 0 Å². The van der Waals surface area contributed by atoms with E-state index in [1.54, 1.807) is 6.92 Å². The Morgan fingerprint density at radius 1 is 1.12 bits per heavy atom. The number of carbonyl (C=O) groups is 2. The molecule has 0 aromatic heterocycles. The maximum absolute atomic E-state index is 11.9. The van der Waals surface area contributed by atoms with E-state index in [9.17, 15) is 9.59 Å². The molecule has 3 heteroatoms. The SMILES string of the molecule is CC(C)[C@H](N)C(=O)C[C@@H](C)C(=O)C(C)(C)C. The van der Waals surface area contributed by atoms with Gasteiger partial charge in [-0.1, -0.05) is 41.5 Å². The largest absolute Gasteiger partial charge is 0.321 e. The Bertz CT molecular complexity index is 264. The van der Waals surface area contributed by atoms with E-state index in [0.717, 1.165) is 0 Å². The van der Waals surface area contributed by atoms with E-state index in [0.29, 0.717) is 0 Å². The van der Waals surface area contributed by atoms with Gasteiger partial charge in [0.05, 0.1) is 6.04 Å². The maximum atomic E-state index is 11.9. The van der Waals surface area contributed by atoms with Gasteiger partial charge in [-0.15, -0.1) is 0 Å². The third-order valence-electron chi connectivity index (χ3n) is 2.78. The lowest BCUT2D eigenvalue weighted by Crippen LogP contribution is -2.38. The minimum atomic E-state index is -0.449. The second-order valence-electron chi connectivity index (χ2n) is 5.96. The average Bonchev–Trinajstić information content (AvgIpc) is 2.13. The number of nitrogens with two attached hydrogens (primary N) is 1. The van der Waals surface area contributed by atoms with Gasteiger partial charge in [-0.25, -0.2) is 0 Å². The first-order chi connectivity index (χ1) is 7.07. The van der Waals surface area contributed by atoms with Crippen LogP contribution in [0.3, 0.4) is 0 Å². The van der Waals surface area contributed by atoms with Crippen LogP contribution in [0.1, 0.15) is 48.0 Å². The van der Waals surface area contributed by atoms with Crippen molar-refractivity contribution in [1.82, 2.24) is 0 Å². The molecule has 0 aromatic rings. The van der Waals surface area contributed by atoms with Gasteiger partial charge in [0.1, 0.15) is 11.6 Å². The summed E-state index contributed by atoms with van der Waals surface area (Å²) in [6, 6.07) is -0.449. The summed E-state index contributed by atoms with van der Waals surface area (Å²) in [6.07, 6.45) is 0.259. The number of rotatable bonds is 5. The molecule has 2 atom stereocenters. The molecule has 0 aromatic carbocycles. The standard InChI is InChI=1S/C13H25NO2/c1-8(2)11(14)10(15)7-9(3)12(16)13(4,5)6/h8-9,11H,7,14H2,1-6H3/t9-,11+/m1/s1. The van der Waals surface area contributed by atoms with Crippen molar-refractivity contribution >= 4 is 11.6 Å². The van der Waals surface area contributed by atoms with E-state index in [2.05, 4.69) is 0 Å². The summed E-state index contributed by atoms with van der Waals surface area (Å²) in [4.78, 5) is 23.6. The van der Waals surface area contributed by atoms with Crippen molar-refractivity contribution in [2.75, 3.05) is 0 Å². The molecule has 0 aliphatic carbocycles.